The molecule has 4 nitrogen and oxygen atoms in total. The zero-order valence-corrected chi connectivity index (χ0v) is 11.1. The molecule has 2 unspecified atom stereocenters. The minimum Gasteiger partial charge on any atom is -0.386 e. The average Bonchev–Trinajstić information content (AvgIpc) is 2.23. The Balaban J connectivity index is 1.86. The Kier molecular flexibility index (Phi) is 3.46. The number of nitrogens with one attached hydrogen (secondary N) is 1. The molecular weight excluding hydrogens is 216 g/mol. The molecule has 0 aliphatic carbocycles. The Hall–Kier alpha value is -0.610. The van der Waals surface area contributed by atoms with Gasteiger partial charge in [0.25, 0.3) is 0 Å². The van der Waals surface area contributed by atoms with Crippen LogP contribution in [0.15, 0.2) is 0 Å². The molecule has 2 rings (SSSR count). The van der Waals surface area contributed by atoms with Gasteiger partial charge in [-0.2, -0.15) is 0 Å². The fourth-order valence-electron chi connectivity index (χ4n) is 2.65. The number of likely N-dealkylation sites (tertiary alicyclic amines) is 1. The molecule has 0 saturated carbocycles. The quantitative estimate of drug-likeness (QED) is 0.743. The summed E-state index contributed by atoms with van der Waals surface area (Å²) < 4.78 is 0. The summed E-state index contributed by atoms with van der Waals surface area (Å²) in [5, 5.41) is 13.4. The van der Waals surface area contributed by atoms with Crippen LogP contribution in [0, 0.1) is 11.8 Å². The highest BCUT2D eigenvalue weighted by Crippen LogP contribution is 2.30. The van der Waals surface area contributed by atoms with E-state index in [1.165, 1.54) is 0 Å². The molecular formula is C13H24N2O2. The van der Waals surface area contributed by atoms with Gasteiger partial charge in [0.15, 0.2) is 0 Å². The molecule has 1 amide bonds. The van der Waals surface area contributed by atoms with Gasteiger partial charge in [-0.05, 0) is 31.2 Å². The number of amides is 1. The summed E-state index contributed by atoms with van der Waals surface area (Å²) in [6.07, 6.45) is 2.08. The molecule has 0 radical (unpaired) electrons. The Labute approximate surface area is 103 Å². The first kappa shape index (κ1) is 12.8. The number of hydrogen-bond donors (Lipinski definition) is 2. The van der Waals surface area contributed by atoms with Crippen LogP contribution >= 0.6 is 0 Å². The predicted octanol–water partition coefficient (Wildman–Crippen LogP) is 0.604. The van der Waals surface area contributed by atoms with Crippen molar-refractivity contribution in [2.24, 2.45) is 11.8 Å². The number of nitrogens with zero attached hydrogens (tertiary/aromatic N) is 1. The smallest absolute Gasteiger partial charge is 0.239 e. The maximum absolute atomic E-state index is 12.2. The highest BCUT2D eigenvalue weighted by Gasteiger charge is 2.47. The number of carbonyl (C=O) groups is 1. The SMILES string of the molecule is CC1CCNC(C(=O)N2CC(O)(C(C)C)C2)C1. The van der Waals surface area contributed by atoms with E-state index in [0.717, 1.165) is 19.4 Å². The normalized spacial score (nSPS) is 32.4. The van der Waals surface area contributed by atoms with Crippen molar-refractivity contribution in [1.29, 1.82) is 0 Å². The van der Waals surface area contributed by atoms with Crippen molar-refractivity contribution in [2.45, 2.75) is 45.3 Å². The number of piperidine rings is 1. The number of β-amino-alcohol motifs (C(OH)–C–C–N with tert-alkyl or cyclic N) is 1. The first-order chi connectivity index (χ1) is 7.92. The number of hydrogen-bond acceptors (Lipinski definition) is 3. The van der Waals surface area contributed by atoms with E-state index in [4.69, 9.17) is 0 Å². The molecule has 0 aromatic carbocycles. The molecule has 2 heterocycles. The zero-order chi connectivity index (χ0) is 12.6. The minimum absolute atomic E-state index is 0.0320. The molecule has 4 heteroatoms. The summed E-state index contributed by atoms with van der Waals surface area (Å²) in [5.41, 5.74) is -0.657. The summed E-state index contributed by atoms with van der Waals surface area (Å²) >= 11 is 0. The van der Waals surface area contributed by atoms with Crippen LogP contribution in [0.4, 0.5) is 0 Å². The van der Waals surface area contributed by atoms with Gasteiger partial charge in [0, 0.05) is 0 Å². The molecule has 2 atom stereocenters. The maximum Gasteiger partial charge on any atom is 0.239 e. The molecule has 0 aromatic heterocycles. The standard InChI is InChI=1S/C13H24N2O2/c1-9(2)13(17)7-15(8-13)12(16)11-6-10(3)4-5-14-11/h9-11,14,17H,4-8H2,1-3H3. The molecule has 0 aromatic rings. The molecule has 0 bridgehead atoms. The van der Waals surface area contributed by atoms with E-state index in [-0.39, 0.29) is 17.9 Å². The van der Waals surface area contributed by atoms with E-state index >= 15 is 0 Å². The fraction of sp³-hybridized carbons (Fsp3) is 0.923. The van der Waals surface area contributed by atoms with Crippen LogP contribution in [-0.2, 0) is 4.79 Å². The van der Waals surface area contributed by atoms with E-state index < -0.39 is 5.60 Å². The van der Waals surface area contributed by atoms with Gasteiger partial charge in [-0.1, -0.05) is 20.8 Å². The molecule has 2 aliphatic rings. The number of carbonyl (C=O) groups excluding carboxylic acids is 1. The van der Waals surface area contributed by atoms with Crippen LogP contribution in [0.1, 0.15) is 33.6 Å². The topological polar surface area (TPSA) is 52.6 Å². The third-order valence-corrected chi connectivity index (χ3v) is 4.28. The minimum atomic E-state index is -0.657. The third-order valence-electron chi connectivity index (χ3n) is 4.28. The summed E-state index contributed by atoms with van der Waals surface area (Å²) in [7, 11) is 0. The first-order valence-corrected chi connectivity index (χ1v) is 6.67. The lowest BCUT2D eigenvalue weighted by molar-refractivity contribution is -0.166. The van der Waals surface area contributed by atoms with Crippen molar-refractivity contribution >= 4 is 5.91 Å². The molecule has 17 heavy (non-hydrogen) atoms. The zero-order valence-electron chi connectivity index (χ0n) is 11.1. The highest BCUT2D eigenvalue weighted by atomic mass is 16.3. The summed E-state index contributed by atoms with van der Waals surface area (Å²) in [4.78, 5) is 14.0. The first-order valence-electron chi connectivity index (χ1n) is 6.67. The highest BCUT2D eigenvalue weighted by molar-refractivity contribution is 5.83. The van der Waals surface area contributed by atoms with Gasteiger partial charge >= 0.3 is 0 Å². The van der Waals surface area contributed by atoms with E-state index in [1.54, 1.807) is 4.90 Å². The van der Waals surface area contributed by atoms with Crippen molar-refractivity contribution in [3.63, 3.8) is 0 Å². The van der Waals surface area contributed by atoms with Crippen LogP contribution in [0.25, 0.3) is 0 Å². The second kappa shape index (κ2) is 4.58. The Morgan fingerprint density at radius 1 is 1.47 bits per heavy atom. The van der Waals surface area contributed by atoms with Crippen LogP contribution in [-0.4, -0.2) is 47.2 Å². The fourth-order valence-corrected chi connectivity index (χ4v) is 2.65. The van der Waals surface area contributed by atoms with E-state index in [9.17, 15) is 9.90 Å². The average molecular weight is 240 g/mol. The molecule has 2 N–H and O–H groups in total. The molecule has 2 aliphatic heterocycles. The molecule has 98 valence electrons. The second-order valence-electron chi connectivity index (χ2n) is 6.09. The van der Waals surface area contributed by atoms with Gasteiger partial charge in [-0.25, -0.2) is 0 Å². The van der Waals surface area contributed by atoms with Gasteiger partial charge in [0.1, 0.15) is 5.60 Å². The van der Waals surface area contributed by atoms with Gasteiger partial charge in [-0.3, -0.25) is 4.79 Å². The number of aliphatic hydroxyl groups is 1. The maximum atomic E-state index is 12.2. The molecule has 2 saturated heterocycles. The van der Waals surface area contributed by atoms with E-state index in [1.807, 2.05) is 13.8 Å². The van der Waals surface area contributed by atoms with Gasteiger partial charge in [0.05, 0.1) is 19.1 Å². The van der Waals surface area contributed by atoms with Crippen LogP contribution in [0.5, 0.6) is 0 Å². The Morgan fingerprint density at radius 2 is 2.12 bits per heavy atom. The third kappa shape index (κ3) is 2.47. The van der Waals surface area contributed by atoms with Gasteiger partial charge in [0.2, 0.25) is 5.91 Å². The molecule has 2 fully saturated rings. The van der Waals surface area contributed by atoms with Gasteiger partial charge in [-0.15, -0.1) is 0 Å². The summed E-state index contributed by atoms with van der Waals surface area (Å²) in [6.45, 7) is 8.12. The van der Waals surface area contributed by atoms with Crippen molar-refractivity contribution in [1.82, 2.24) is 10.2 Å². The lowest BCUT2D eigenvalue weighted by Gasteiger charge is -2.50. The van der Waals surface area contributed by atoms with Crippen molar-refractivity contribution in [2.75, 3.05) is 19.6 Å². The Bertz CT molecular complexity index is 298. The molecule has 0 spiro atoms. The van der Waals surface area contributed by atoms with Crippen molar-refractivity contribution in [3.05, 3.63) is 0 Å². The van der Waals surface area contributed by atoms with E-state index in [0.29, 0.717) is 19.0 Å². The monoisotopic (exact) mass is 240 g/mol. The largest absolute Gasteiger partial charge is 0.386 e. The van der Waals surface area contributed by atoms with Crippen molar-refractivity contribution < 1.29 is 9.90 Å². The van der Waals surface area contributed by atoms with Crippen LogP contribution in [0.3, 0.4) is 0 Å². The second-order valence-corrected chi connectivity index (χ2v) is 6.09. The van der Waals surface area contributed by atoms with E-state index in [2.05, 4.69) is 12.2 Å². The lowest BCUT2D eigenvalue weighted by Crippen LogP contribution is -2.68. The summed E-state index contributed by atoms with van der Waals surface area (Å²) in [5.74, 6) is 1.00. The lowest BCUT2D eigenvalue weighted by atomic mass is 9.82. The predicted molar refractivity (Wildman–Crippen MR) is 66.6 cm³/mol. The van der Waals surface area contributed by atoms with Gasteiger partial charge < -0.3 is 15.3 Å². The van der Waals surface area contributed by atoms with Crippen LogP contribution in [0.2, 0.25) is 0 Å². The van der Waals surface area contributed by atoms with Crippen LogP contribution < -0.4 is 5.32 Å². The number of rotatable bonds is 2. The van der Waals surface area contributed by atoms with Crippen molar-refractivity contribution in [3.8, 4) is 0 Å². The Morgan fingerprint density at radius 3 is 2.65 bits per heavy atom. The summed E-state index contributed by atoms with van der Waals surface area (Å²) in [6, 6.07) is -0.0320.